The van der Waals surface area contributed by atoms with Gasteiger partial charge in [0.25, 0.3) is 5.91 Å². The van der Waals surface area contributed by atoms with Gasteiger partial charge in [0, 0.05) is 49.0 Å². The van der Waals surface area contributed by atoms with Gasteiger partial charge in [-0.25, -0.2) is 0 Å². The Kier molecular flexibility index (Phi) is 5.48. The van der Waals surface area contributed by atoms with E-state index < -0.39 is 0 Å². The lowest BCUT2D eigenvalue weighted by atomic mass is 10.1. The van der Waals surface area contributed by atoms with Crippen molar-refractivity contribution < 1.29 is 14.3 Å². The summed E-state index contributed by atoms with van der Waals surface area (Å²) in [5.74, 6) is 1.39. The molecule has 3 heterocycles. The molecule has 164 valence electrons. The van der Waals surface area contributed by atoms with E-state index in [4.69, 9.17) is 9.47 Å². The number of fused-ring (bicyclic) bond motifs is 4. The smallest absolute Gasteiger partial charge is 0.254 e. The summed E-state index contributed by atoms with van der Waals surface area (Å²) in [6, 6.07) is 15.3. The quantitative estimate of drug-likeness (QED) is 0.791. The molecule has 2 aromatic carbocycles. The molecule has 0 unspecified atom stereocenters. The van der Waals surface area contributed by atoms with Gasteiger partial charge >= 0.3 is 0 Å². The van der Waals surface area contributed by atoms with Crippen LogP contribution in [0.4, 0.5) is 5.69 Å². The fraction of sp³-hybridized carbons (Fsp3) is 0.480. The number of benzene rings is 2. The standard InChI is InChI=1S/C25H31N3O3/c1-17(2)28-20-8-9-21(28)15-27(14-19-5-3-4-6-22(19)26-12-11-20)25(29)18-7-10-23-24(13-18)31-16-30-23/h3-7,10,13,17,20-21,26H,8-9,11-12,14-16H2,1-2H3/t20-,21+/m1/s1. The number of carbonyl (C=O) groups is 1. The molecule has 0 spiro atoms. The molecule has 1 N–H and O–H groups in total. The zero-order valence-electron chi connectivity index (χ0n) is 18.3. The van der Waals surface area contributed by atoms with E-state index in [1.54, 1.807) is 0 Å². The summed E-state index contributed by atoms with van der Waals surface area (Å²) in [4.78, 5) is 18.4. The highest BCUT2D eigenvalue weighted by molar-refractivity contribution is 5.95. The Morgan fingerprint density at radius 3 is 2.71 bits per heavy atom. The van der Waals surface area contributed by atoms with Gasteiger partial charge in [-0.1, -0.05) is 18.2 Å². The van der Waals surface area contributed by atoms with Crippen molar-refractivity contribution in [2.24, 2.45) is 0 Å². The number of nitrogens with zero attached hydrogens (tertiary/aromatic N) is 2. The van der Waals surface area contributed by atoms with E-state index in [0.717, 1.165) is 37.2 Å². The highest BCUT2D eigenvalue weighted by Crippen LogP contribution is 2.34. The second kappa shape index (κ2) is 8.42. The first-order valence-corrected chi connectivity index (χ1v) is 11.4. The monoisotopic (exact) mass is 421 g/mol. The van der Waals surface area contributed by atoms with E-state index in [1.807, 2.05) is 23.1 Å². The van der Waals surface area contributed by atoms with Crippen LogP contribution in [0.1, 0.15) is 49.0 Å². The number of para-hydroxylation sites is 1. The Morgan fingerprint density at radius 2 is 1.84 bits per heavy atom. The van der Waals surface area contributed by atoms with Crippen LogP contribution in [-0.2, 0) is 6.54 Å². The second-order valence-corrected chi connectivity index (χ2v) is 9.05. The van der Waals surface area contributed by atoms with E-state index in [-0.39, 0.29) is 12.7 Å². The van der Waals surface area contributed by atoms with E-state index >= 15 is 0 Å². The number of hydrogen-bond donors (Lipinski definition) is 1. The number of ether oxygens (including phenoxy) is 2. The Bertz CT molecular complexity index is 961. The molecule has 1 fully saturated rings. The summed E-state index contributed by atoms with van der Waals surface area (Å²) >= 11 is 0. The average Bonchev–Trinajstić information content (AvgIpc) is 3.38. The molecule has 6 nitrogen and oxygen atoms in total. The molecule has 1 amide bonds. The van der Waals surface area contributed by atoms with Crippen molar-refractivity contribution in [3.8, 4) is 11.5 Å². The minimum atomic E-state index is 0.0412. The van der Waals surface area contributed by atoms with Crippen LogP contribution in [0.25, 0.3) is 0 Å². The molecule has 0 aromatic heterocycles. The number of amides is 1. The van der Waals surface area contributed by atoms with Gasteiger partial charge in [-0.3, -0.25) is 9.69 Å². The predicted molar refractivity (Wildman–Crippen MR) is 121 cm³/mol. The van der Waals surface area contributed by atoms with Crippen molar-refractivity contribution in [3.05, 3.63) is 53.6 Å². The van der Waals surface area contributed by atoms with Crippen LogP contribution in [0.2, 0.25) is 0 Å². The van der Waals surface area contributed by atoms with Gasteiger partial charge in [0.2, 0.25) is 6.79 Å². The van der Waals surface area contributed by atoms with Gasteiger partial charge < -0.3 is 19.7 Å². The zero-order chi connectivity index (χ0) is 21.4. The molecule has 2 atom stereocenters. The van der Waals surface area contributed by atoms with E-state index in [2.05, 4.69) is 48.3 Å². The molecule has 6 heteroatoms. The van der Waals surface area contributed by atoms with E-state index in [9.17, 15) is 4.79 Å². The third kappa shape index (κ3) is 3.97. The Labute approximate surface area is 184 Å². The SMILES string of the molecule is CC(C)N1[C@H]2CCNc3ccccc3CN(C(=O)c3ccc4c(c3)OCO4)C[C@@H]1CC2. The highest BCUT2D eigenvalue weighted by Gasteiger charge is 2.37. The van der Waals surface area contributed by atoms with Crippen molar-refractivity contribution in [3.63, 3.8) is 0 Å². The van der Waals surface area contributed by atoms with Crippen LogP contribution in [0.5, 0.6) is 11.5 Å². The number of anilines is 1. The Morgan fingerprint density at radius 1 is 1.03 bits per heavy atom. The summed E-state index contributed by atoms with van der Waals surface area (Å²) in [5, 5.41) is 3.64. The van der Waals surface area contributed by atoms with E-state index in [1.165, 1.54) is 6.42 Å². The molecular formula is C25H31N3O3. The van der Waals surface area contributed by atoms with Gasteiger partial charge in [-0.2, -0.15) is 0 Å². The van der Waals surface area contributed by atoms with Gasteiger partial charge in [0.1, 0.15) is 0 Å². The second-order valence-electron chi connectivity index (χ2n) is 9.05. The van der Waals surface area contributed by atoms with Crippen LogP contribution >= 0.6 is 0 Å². The van der Waals surface area contributed by atoms with E-state index in [0.29, 0.717) is 41.7 Å². The molecule has 3 aliphatic heterocycles. The van der Waals surface area contributed by atoms with Crippen LogP contribution in [0, 0.1) is 0 Å². The lowest BCUT2D eigenvalue weighted by Crippen LogP contribution is -2.48. The Balaban J connectivity index is 1.49. The first-order valence-electron chi connectivity index (χ1n) is 11.4. The lowest BCUT2D eigenvalue weighted by molar-refractivity contribution is 0.0633. The molecule has 0 aliphatic carbocycles. The molecule has 2 aromatic rings. The fourth-order valence-corrected chi connectivity index (χ4v) is 5.40. The van der Waals surface area contributed by atoms with Crippen LogP contribution in [-0.4, -0.2) is 53.7 Å². The minimum Gasteiger partial charge on any atom is -0.454 e. The first-order chi connectivity index (χ1) is 15.1. The summed E-state index contributed by atoms with van der Waals surface area (Å²) in [6.45, 7) is 7.03. The average molecular weight is 422 g/mol. The molecule has 31 heavy (non-hydrogen) atoms. The van der Waals surface area contributed by atoms with Crippen molar-refractivity contribution >= 4 is 11.6 Å². The van der Waals surface area contributed by atoms with Crippen molar-refractivity contribution in [1.29, 1.82) is 0 Å². The molecule has 0 saturated carbocycles. The van der Waals surface area contributed by atoms with Crippen molar-refractivity contribution in [2.45, 2.75) is 57.8 Å². The first kappa shape index (κ1) is 20.2. The van der Waals surface area contributed by atoms with Gasteiger partial charge in [-0.15, -0.1) is 0 Å². The normalized spacial score (nSPS) is 23.3. The summed E-state index contributed by atoms with van der Waals surface area (Å²) < 4.78 is 10.9. The minimum absolute atomic E-state index is 0.0412. The number of carbonyl (C=O) groups excluding carboxylic acids is 1. The van der Waals surface area contributed by atoms with Crippen molar-refractivity contribution in [2.75, 3.05) is 25.2 Å². The topological polar surface area (TPSA) is 54.0 Å². The third-order valence-corrected chi connectivity index (χ3v) is 6.78. The maximum absolute atomic E-state index is 13.7. The molecule has 3 aliphatic rings. The lowest BCUT2D eigenvalue weighted by Gasteiger charge is -2.36. The summed E-state index contributed by atoms with van der Waals surface area (Å²) in [7, 11) is 0. The summed E-state index contributed by atoms with van der Waals surface area (Å²) in [5.41, 5.74) is 2.93. The van der Waals surface area contributed by atoms with Crippen LogP contribution in [0.3, 0.4) is 0 Å². The molecule has 5 rings (SSSR count). The zero-order valence-corrected chi connectivity index (χ0v) is 18.3. The number of nitrogens with one attached hydrogen (secondary N) is 1. The van der Waals surface area contributed by atoms with Crippen LogP contribution < -0.4 is 14.8 Å². The predicted octanol–water partition coefficient (Wildman–Crippen LogP) is 4.11. The molecule has 1 saturated heterocycles. The molecular weight excluding hydrogens is 390 g/mol. The number of rotatable bonds is 2. The molecule has 2 bridgehead atoms. The van der Waals surface area contributed by atoms with Gasteiger partial charge in [0.05, 0.1) is 0 Å². The van der Waals surface area contributed by atoms with Gasteiger partial charge in [0.15, 0.2) is 11.5 Å². The Hall–Kier alpha value is -2.73. The summed E-state index contributed by atoms with van der Waals surface area (Å²) in [6.07, 6.45) is 3.45. The maximum atomic E-state index is 13.7. The highest BCUT2D eigenvalue weighted by atomic mass is 16.7. The largest absolute Gasteiger partial charge is 0.454 e. The number of hydrogen-bond acceptors (Lipinski definition) is 5. The maximum Gasteiger partial charge on any atom is 0.254 e. The third-order valence-electron chi connectivity index (χ3n) is 6.78. The van der Waals surface area contributed by atoms with Crippen molar-refractivity contribution in [1.82, 2.24) is 9.80 Å². The van der Waals surface area contributed by atoms with Crippen LogP contribution in [0.15, 0.2) is 42.5 Å². The fourth-order valence-electron chi connectivity index (χ4n) is 5.40. The molecule has 0 radical (unpaired) electrons. The van der Waals surface area contributed by atoms with Gasteiger partial charge in [-0.05, 0) is 62.9 Å².